The smallest absolute Gasteiger partial charge is 0.0438 e. The molecule has 6 N–H and O–H groups in total. The minimum Gasteiger partial charge on any atom is -0.332 e. The average Bonchev–Trinajstić information content (AvgIpc) is 2.49. The number of hydrazine groups is 1. The van der Waals surface area contributed by atoms with Crippen LogP contribution in [-0.2, 0) is 0 Å². The predicted molar refractivity (Wildman–Crippen MR) is 85.5 cm³/mol. The number of rotatable bonds is 3. The highest BCUT2D eigenvalue weighted by Crippen LogP contribution is 2.23. The number of nitrogens with two attached hydrogens (primary N) is 2. The number of benzene rings is 2. The number of hydrogen-bond acceptors (Lipinski definition) is 6. The molecule has 0 saturated heterocycles. The van der Waals surface area contributed by atoms with Crippen LogP contribution in [0.25, 0.3) is 11.1 Å². The normalized spacial score (nSPS) is 9.11. The van der Waals surface area contributed by atoms with Crippen molar-refractivity contribution in [2.24, 2.45) is 11.7 Å². The topological polar surface area (TPSA) is 76.1 Å². The van der Waals surface area contributed by atoms with Crippen molar-refractivity contribution in [1.29, 1.82) is 0 Å². The van der Waals surface area contributed by atoms with E-state index in [4.69, 9.17) is 0 Å². The van der Waals surface area contributed by atoms with Crippen LogP contribution in [0.15, 0.2) is 48.5 Å². The molecule has 0 unspecified atom stereocenters. The standard InChI is InChI=1S/C12H12N2S2.H4N2/c15-13-11-5-1-9(2-6-11)10-3-7-12(14-16)8-4-10;1-2/h1-8,13-16H;1-2H2. The van der Waals surface area contributed by atoms with Crippen molar-refractivity contribution in [1.82, 2.24) is 0 Å². The Morgan fingerprint density at radius 2 is 0.889 bits per heavy atom. The summed E-state index contributed by atoms with van der Waals surface area (Å²) in [5, 5.41) is 0. The second-order valence-corrected chi connectivity index (χ2v) is 3.83. The van der Waals surface area contributed by atoms with Crippen LogP contribution in [0, 0.1) is 0 Å². The minimum atomic E-state index is 0.987. The summed E-state index contributed by atoms with van der Waals surface area (Å²) in [5.74, 6) is 8.00. The third-order valence-electron chi connectivity index (χ3n) is 2.36. The molecule has 0 aliphatic heterocycles. The predicted octanol–water partition coefficient (Wildman–Crippen LogP) is 2.69. The maximum absolute atomic E-state index is 4.00. The van der Waals surface area contributed by atoms with Gasteiger partial charge in [-0.15, -0.1) is 0 Å². The van der Waals surface area contributed by atoms with Crippen LogP contribution in [0.3, 0.4) is 0 Å². The summed E-state index contributed by atoms with van der Waals surface area (Å²) >= 11 is 7.98. The quantitative estimate of drug-likeness (QED) is 0.297. The molecule has 0 aromatic heterocycles. The molecule has 0 aliphatic carbocycles. The molecule has 2 aromatic carbocycles. The van der Waals surface area contributed by atoms with Crippen LogP contribution in [0.1, 0.15) is 0 Å². The third kappa shape index (κ3) is 3.85. The van der Waals surface area contributed by atoms with Gasteiger partial charge < -0.3 is 9.44 Å². The molecule has 0 heterocycles. The van der Waals surface area contributed by atoms with E-state index >= 15 is 0 Å². The first-order chi connectivity index (χ1) is 8.83. The number of nitrogens with one attached hydrogen (secondary N) is 2. The van der Waals surface area contributed by atoms with Gasteiger partial charge in [0.15, 0.2) is 0 Å². The summed E-state index contributed by atoms with van der Waals surface area (Å²) in [7, 11) is 0. The minimum absolute atomic E-state index is 0.987. The zero-order chi connectivity index (χ0) is 13.4. The fourth-order valence-corrected chi connectivity index (χ4v) is 1.77. The summed E-state index contributed by atoms with van der Waals surface area (Å²) in [6, 6.07) is 16.2. The first-order valence-electron chi connectivity index (χ1n) is 5.17. The Balaban J connectivity index is 0.000000771. The Kier molecular flexibility index (Phi) is 6.45. The van der Waals surface area contributed by atoms with E-state index in [1.54, 1.807) is 0 Å². The van der Waals surface area contributed by atoms with Crippen LogP contribution < -0.4 is 21.1 Å². The van der Waals surface area contributed by atoms with Crippen molar-refractivity contribution < 1.29 is 0 Å². The van der Waals surface area contributed by atoms with E-state index < -0.39 is 0 Å². The third-order valence-corrected chi connectivity index (χ3v) is 2.88. The molecule has 0 radical (unpaired) electrons. The molecular formula is C12H16N4S2. The van der Waals surface area contributed by atoms with Crippen LogP contribution in [0.4, 0.5) is 11.4 Å². The highest BCUT2D eigenvalue weighted by atomic mass is 32.1. The van der Waals surface area contributed by atoms with Gasteiger partial charge in [0.2, 0.25) is 0 Å². The second kappa shape index (κ2) is 7.88. The molecule has 96 valence electrons. The monoisotopic (exact) mass is 280 g/mol. The van der Waals surface area contributed by atoms with E-state index in [1.807, 2.05) is 24.3 Å². The van der Waals surface area contributed by atoms with E-state index in [9.17, 15) is 0 Å². The Labute approximate surface area is 118 Å². The summed E-state index contributed by atoms with van der Waals surface area (Å²) in [6.07, 6.45) is 0. The van der Waals surface area contributed by atoms with Crippen molar-refractivity contribution in [2.75, 3.05) is 9.44 Å². The molecule has 0 amide bonds. The van der Waals surface area contributed by atoms with E-state index in [1.165, 1.54) is 11.1 Å². The van der Waals surface area contributed by atoms with Gasteiger partial charge in [-0.1, -0.05) is 49.9 Å². The zero-order valence-electron chi connectivity index (χ0n) is 9.67. The molecule has 2 aromatic rings. The Hall–Kier alpha value is -1.34. The van der Waals surface area contributed by atoms with Gasteiger partial charge in [0.1, 0.15) is 0 Å². The number of anilines is 2. The van der Waals surface area contributed by atoms with Crippen molar-refractivity contribution >= 4 is 37.0 Å². The number of thiol groups is 2. The molecule has 0 spiro atoms. The Morgan fingerprint density at radius 3 is 1.11 bits per heavy atom. The number of hydrogen-bond donors (Lipinski definition) is 6. The van der Waals surface area contributed by atoms with E-state index in [0.29, 0.717) is 0 Å². The van der Waals surface area contributed by atoms with Crippen LogP contribution >= 0.6 is 25.6 Å². The van der Waals surface area contributed by atoms with Crippen molar-refractivity contribution in [3.63, 3.8) is 0 Å². The van der Waals surface area contributed by atoms with Gasteiger partial charge in [-0.3, -0.25) is 11.7 Å². The maximum atomic E-state index is 4.00. The van der Waals surface area contributed by atoms with Crippen LogP contribution in [0.2, 0.25) is 0 Å². The first kappa shape index (κ1) is 14.7. The highest BCUT2D eigenvalue weighted by molar-refractivity contribution is 7.81. The highest BCUT2D eigenvalue weighted by Gasteiger charge is 1.97. The summed E-state index contributed by atoms with van der Waals surface area (Å²) in [4.78, 5) is 0. The molecule has 18 heavy (non-hydrogen) atoms. The lowest BCUT2D eigenvalue weighted by molar-refractivity contribution is 1.26. The average molecular weight is 280 g/mol. The molecule has 0 aliphatic rings. The molecule has 2 rings (SSSR count). The summed E-state index contributed by atoms with van der Waals surface area (Å²) in [6.45, 7) is 0. The van der Waals surface area contributed by atoms with Gasteiger partial charge >= 0.3 is 0 Å². The fourth-order valence-electron chi connectivity index (χ4n) is 1.47. The van der Waals surface area contributed by atoms with Crippen molar-refractivity contribution in [2.45, 2.75) is 0 Å². The van der Waals surface area contributed by atoms with Gasteiger partial charge in [-0.05, 0) is 35.4 Å². The van der Waals surface area contributed by atoms with Crippen molar-refractivity contribution in [3.05, 3.63) is 48.5 Å². The molecule has 0 atom stereocenters. The maximum Gasteiger partial charge on any atom is 0.0438 e. The van der Waals surface area contributed by atoms with Crippen LogP contribution in [-0.4, -0.2) is 0 Å². The SMILES string of the molecule is NN.SNc1ccc(-c2ccc(NS)cc2)cc1. The molecule has 6 heteroatoms. The molecular weight excluding hydrogens is 264 g/mol. The zero-order valence-corrected chi connectivity index (χ0v) is 11.5. The first-order valence-corrected chi connectivity index (χ1v) is 6.07. The Morgan fingerprint density at radius 1 is 0.611 bits per heavy atom. The molecule has 4 nitrogen and oxygen atoms in total. The lowest BCUT2D eigenvalue weighted by Gasteiger charge is -2.05. The Bertz CT molecular complexity index is 411. The molecule has 0 fully saturated rings. The van der Waals surface area contributed by atoms with Crippen LogP contribution in [0.5, 0.6) is 0 Å². The van der Waals surface area contributed by atoms with E-state index in [2.05, 4.69) is 71.0 Å². The molecule has 0 saturated carbocycles. The summed E-state index contributed by atoms with van der Waals surface area (Å²) in [5.41, 5.74) is 4.33. The largest absolute Gasteiger partial charge is 0.332 e. The van der Waals surface area contributed by atoms with Gasteiger partial charge in [0.25, 0.3) is 0 Å². The molecule has 0 bridgehead atoms. The lowest BCUT2D eigenvalue weighted by atomic mass is 10.1. The van der Waals surface area contributed by atoms with E-state index in [-0.39, 0.29) is 0 Å². The van der Waals surface area contributed by atoms with Gasteiger partial charge in [-0.2, -0.15) is 0 Å². The van der Waals surface area contributed by atoms with Gasteiger partial charge in [0, 0.05) is 11.4 Å². The van der Waals surface area contributed by atoms with Gasteiger partial charge in [0.05, 0.1) is 0 Å². The van der Waals surface area contributed by atoms with Gasteiger partial charge in [-0.25, -0.2) is 0 Å². The fraction of sp³-hybridized carbons (Fsp3) is 0. The van der Waals surface area contributed by atoms with E-state index in [0.717, 1.165) is 11.4 Å². The van der Waals surface area contributed by atoms with Crippen molar-refractivity contribution in [3.8, 4) is 11.1 Å². The summed E-state index contributed by atoms with van der Waals surface area (Å²) < 4.78 is 5.60. The second-order valence-electron chi connectivity index (χ2n) is 3.38. The lowest BCUT2D eigenvalue weighted by Crippen LogP contribution is -2.02.